The Morgan fingerprint density at radius 1 is 1.30 bits per heavy atom. The van der Waals surface area contributed by atoms with Gasteiger partial charge in [-0.25, -0.2) is 4.68 Å². The van der Waals surface area contributed by atoms with Gasteiger partial charge in [0.1, 0.15) is 17.0 Å². The summed E-state index contributed by atoms with van der Waals surface area (Å²) in [6, 6.07) is 3.70. The SMILES string of the molecule is OC1(Cn2cc(-c3nccc4occc34)nn2)CCCNCC1. The summed E-state index contributed by atoms with van der Waals surface area (Å²) in [6.07, 6.45) is 7.63. The summed E-state index contributed by atoms with van der Waals surface area (Å²) in [6.45, 7) is 2.23. The topological polar surface area (TPSA) is 89.0 Å². The van der Waals surface area contributed by atoms with E-state index in [1.54, 1.807) is 17.1 Å². The van der Waals surface area contributed by atoms with Gasteiger partial charge in [0.15, 0.2) is 0 Å². The molecule has 4 heterocycles. The number of furan rings is 1. The Labute approximate surface area is 133 Å². The zero-order valence-electron chi connectivity index (χ0n) is 12.8. The fourth-order valence-electron chi connectivity index (χ4n) is 3.16. The van der Waals surface area contributed by atoms with Gasteiger partial charge in [-0.3, -0.25) is 4.98 Å². The van der Waals surface area contributed by atoms with Crippen molar-refractivity contribution in [2.75, 3.05) is 13.1 Å². The van der Waals surface area contributed by atoms with Gasteiger partial charge in [-0.15, -0.1) is 5.10 Å². The van der Waals surface area contributed by atoms with E-state index in [0.717, 1.165) is 49.0 Å². The first-order valence-corrected chi connectivity index (χ1v) is 7.89. The number of hydrogen-bond acceptors (Lipinski definition) is 6. The number of aliphatic hydroxyl groups is 1. The van der Waals surface area contributed by atoms with Crippen molar-refractivity contribution in [2.45, 2.75) is 31.4 Å². The van der Waals surface area contributed by atoms with E-state index in [1.807, 2.05) is 18.3 Å². The molecule has 0 amide bonds. The molecule has 4 rings (SSSR count). The maximum absolute atomic E-state index is 10.8. The van der Waals surface area contributed by atoms with E-state index in [9.17, 15) is 5.11 Å². The molecule has 3 aromatic rings. The van der Waals surface area contributed by atoms with E-state index in [4.69, 9.17) is 4.42 Å². The Bertz CT molecular complexity index is 802. The molecular weight excluding hydrogens is 294 g/mol. The van der Waals surface area contributed by atoms with Crippen molar-refractivity contribution in [1.82, 2.24) is 25.3 Å². The monoisotopic (exact) mass is 313 g/mol. The maximum atomic E-state index is 10.8. The molecule has 0 radical (unpaired) electrons. The molecule has 0 aliphatic carbocycles. The summed E-state index contributed by atoms with van der Waals surface area (Å²) in [5.41, 5.74) is 1.48. The number of fused-ring (bicyclic) bond motifs is 1. The van der Waals surface area contributed by atoms with Crippen LogP contribution >= 0.6 is 0 Å². The van der Waals surface area contributed by atoms with E-state index in [1.165, 1.54) is 0 Å². The zero-order chi connectivity index (χ0) is 15.7. The summed E-state index contributed by atoms with van der Waals surface area (Å²) in [7, 11) is 0. The molecule has 0 aromatic carbocycles. The standard InChI is InChI=1S/C16H19N5O2/c22-16(4-1-6-17-8-5-16)11-21-10-13(19-20-21)15-12-3-9-23-14(12)2-7-18-15/h2-3,7,9-10,17,22H,1,4-6,8,11H2. The van der Waals surface area contributed by atoms with Crippen LogP contribution in [0.2, 0.25) is 0 Å². The molecule has 0 spiro atoms. The first kappa shape index (κ1) is 14.3. The second kappa shape index (κ2) is 5.75. The molecule has 23 heavy (non-hydrogen) atoms. The third-order valence-electron chi connectivity index (χ3n) is 4.38. The third kappa shape index (κ3) is 2.85. The first-order valence-electron chi connectivity index (χ1n) is 7.89. The van der Waals surface area contributed by atoms with Gasteiger partial charge in [0.05, 0.1) is 24.6 Å². The molecule has 7 nitrogen and oxygen atoms in total. The van der Waals surface area contributed by atoms with Crippen LogP contribution in [0.15, 0.2) is 35.2 Å². The Morgan fingerprint density at radius 3 is 3.22 bits per heavy atom. The highest BCUT2D eigenvalue weighted by Crippen LogP contribution is 2.26. The summed E-state index contributed by atoms with van der Waals surface area (Å²) in [5, 5.41) is 23.4. The number of hydrogen-bond donors (Lipinski definition) is 2. The molecule has 1 saturated heterocycles. The Hall–Kier alpha value is -2.25. The average Bonchev–Trinajstić information content (AvgIpc) is 3.14. The average molecular weight is 313 g/mol. The van der Waals surface area contributed by atoms with E-state index in [2.05, 4.69) is 20.6 Å². The number of rotatable bonds is 3. The Morgan fingerprint density at radius 2 is 2.26 bits per heavy atom. The van der Waals surface area contributed by atoms with Crippen LogP contribution in [0.25, 0.3) is 22.4 Å². The van der Waals surface area contributed by atoms with Crippen LogP contribution in [0.1, 0.15) is 19.3 Å². The van der Waals surface area contributed by atoms with E-state index < -0.39 is 5.60 Å². The lowest BCUT2D eigenvalue weighted by Gasteiger charge is -2.25. The van der Waals surface area contributed by atoms with Crippen molar-refractivity contribution in [3.8, 4) is 11.4 Å². The van der Waals surface area contributed by atoms with Gasteiger partial charge >= 0.3 is 0 Å². The van der Waals surface area contributed by atoms with Gasteiger partial charge in [0, 0.05) is 11.6 Å². The molecule has 1 aliphatic rings. The summed E-state index contributed by atoms with van der Waals surface area (Å²) in [5.74, 6) is 0. The van der Waals surface area contributed by atoms with Crippen LogP contribution < -0.4 is 5.32 Å². The van der Waals surface area contributed by atoms with Crippen LogP contribution in [0, 0.1) is 0 Å². The van der Waals surface area contributed by atoms with Gasteiger partial charge < -0.3 is 14.8 Å². The fraction of sp³-hybridized carbons (Fsp3) is 0.438. The Balaban J connectivity index is 1.60. The highest BCUT2D eigenvalue weighted by molar-refractivity contribution is 5.90. The van der Waals surface area contributed by atoms with Crippen LogP contribution in [-0.2, 0) is 6.54 Å². The lowest BCUT2D eigenvalue weighted by molar-refractivity contribution is 0.00752. The van der Waals surface area contributed by atoms with Crippen molar-refractivity contribution >= 4 is 11.0 Å². The maximum Gasteiger partial charge on any atom is 0.137 e. The summed E-state index contributed by atoms with van der Waals surface area (Å²) >= 11 is 0. The zero-order valence-corrected chi connectivity index (χ0v) is 12.8. The number of aromatic nitrogens is 4. The van der Waals surface area contributed by atoms with Crippen LogP contribution in [-0.4, -0.2) is 43.8 Å². The van der Waals surface area contributed by atoms with Crippen molar-refractivity contribution < 1.29 is 9.52 Å². The number of nitrogens with one attached hydrogen (secondary N) is 1. The molecule has 2 N–H and O–H groups in total. The van der Waals surface area contributed by atoms with Crippen LogP contribution in [0.5, 0.6) is 0 Å². The van der Waals surface area contributed by atoms with E-state index >= 15 is 0 Å². The van der Waals surface area contributed by atoms with Crippen LogP contribution in [0.3, 0.4) is 0 Å². The second-order valence-corrected chi connectivity index (χ2v) is 6.12. The van der Waals surface area contributed by atoms with Crippen molar-refractivity contribution in [3.63, 3.8) is 0 Å². The minimum atomic E-state index is -0.733. The molecule has 0 saturated carbocycles. The summed E-state index contributed by atoms with van der Waals surface area (Å²) in [4.78, 5) is 4.39. The van der Waals surface area contributed by atoms with Crippen molar-refractivity contribution in [1.29, 1.82) is 0 Å². The van der Waals surface area contributed by atoms with Gasteiger partial charge in [-0.2, -0.15) is 0 Å². The molecule has 7 heteroatoms. The largest absolute Gasteiger partial charge is 0.464 e. The highest BCUT2D eigenvalue weighted by atomic mass is 16.3. The lowest BCUT2D eigenvalue weighted by Crippen LogP contribution is -2.35. The quantitative estimate of drug-likeness (QED) is 0.763. The summed E-state index contributed by atoms with van der Waals surface area (Å²) < 4.78 is 7.11. The molecule has 1 atom stereocenters. The highest BCUT2D eigenvalue weighted by Gasteiger charge is 2.29. The predicted octanol–water partition coefficient (Wildman–Crippen LogP) is 1.59. The normalized spacial score (nSPS) is 22.3. The van der Waals surface area contributed by atoms with E-state index in [0.29, 0.717) is 12.2 Å². The lowest BCUT2D eigenvalue weighted by atomic mass is 9.95. The molecule has 3 aromatic heterocycles. The Kier molecular flexibility index (Phi) is 3.59. The molecular formula is C16H19N5O2. The molecule has 1 fully saturated rings. The third-order valence-corrected chi connectivity index (χ3v) is 4.38. The minimum absolute atomic E-state index is 0.447. The molecule has 1 unspecified atom stereocenters. The van der Waals surface area contributed by atoms with Crippen molar-refractivity contribution in [2.24, 2.45) is 0 Å². The smallest absolute Gasteiger partial charge is 0.137 e. The van der Waals surface area contributed by atoms with Gasteiger partial charge in [0.25, 0.3) is 0 Å². The van der Waals surface area contributed by atoms with Gasteiger partial charge in [-0.1, -0.05) is 5.21 Å². The number of pyridine rings is 1. The first-order chi connectivity index (χ1) is 11.2. The second-order valence-electron chi connectivity index (χ2n) is 6.12. The van der Waals surface area contributed by atoms with Crippen molar-refractivity contribution in [3.05, 3.63) is 30.8 Å². The minimum Gasteiger partial charge on any atom is -0.464 e. The molecule has 0 bridgehead atoms. The van der Waals surface area contributed by atoms with Gasteiger partial charge in [-0.05, 0) is 44.5 Å². The van der Waals surface area contributed by atoms with Gasteiger partial charge in [0.2, 0.25) is 0 Å². The van der Waals surface area contributed by atoms with E-state index in [-0.39, 0.29) is 0 Å². The number of nitrogens with zero attached hydrogens (tertiary/aromatic N) is 4. The molecule has 120 valence electrons. The predicted molar refractivity (Wildman–Crippen MR) is 84.7 cm³/mol. The molecule has 1 aliphatic heterocycles. The van der Waals surface area contributed by atoms with Crippen LogP contribution in [0.4, 0.5) is 0 Å². The fourth-order valence-corrected chi connectivity index (χ4v) is 3.16.